The number of carbonyl (C=O) groups excluding carboxylic acids is 2. The lowest BCUT2D eigenvalue weighted by Gasteiger charge is -2.40. The zero-order chi connectivity index (χ0) is 24.2. The van der Waals surface area contributed by atoms with Gasteiger partial charge in [-0.05, 0) is 69.5 Å². The van der Waals surface area contributed by atoms with E-state index in [1.807, 2.05) is 76.2 Å². The van der Waals surface area contributed by atoms with Gasteiger partial charge in [-0.2, -0.15) is 0 Å². The topological polar surface area (TPSA) is 83.0 Å². The molecule has 0 aliphatic carbocycles. The fourth-order valence-electron chi connectivity index (χ4n) is 4.16. The molecule has 1 saturated heterocycles. The number of aliphatic imine (C=N–C) groups is 1. The number of amidine groups is 1. The first-order valence-electron chi connectivity index (χ1n) is 11.5. The molecule has 2 aromatic rings. The molecule has 0 bridgehead atoms. The van der Waals surface area contributed by atoms with Crippen molar-refractivity contribution in [1.29, 1.82) is 0 Å². The monoisotopic (exact) mass is 478 g/mol. The first kappa shape index (κ1) is 23.9. The van der Waals surface area contributed by atoms with Crippen LogP contribution in [0.3, 0.4) is 0 Å². The van der Waals surface area contributed by atoms with Gasteiger partial charge in [0.25, 0.3) is 0 Å². The van der Waals surface area contributed by atoms with Crippen LogP contribution in [0.25, 0.3) is 0 Å². The van der Waals surface area contributed by atoms with Crippen molar-refractivity contribution in [3.63, 3.8) is 0 Å². The standard InChI is InChI=1S/C26H30N4O3S/c1-16(2)33-24(31)22-18(4)27-26-30(12-7-13-34-26)23(22)19-9-6-11-21(15-19)29-25(32)28-20-10-5-8-17(3)14-20/h5-6,8-11,14-16,23H,7,12-13H2,1-4H3,(H2,28,29,32)/t23-/m1/s1. The Bertz CT molecular complexity index is 1160. The van der Waals surface area contributed by atoms with Gasteiger partial charge in [-0.3, -0.25) is 0 Å². The van der Waals surface area contributed by atoms with Crippen LogP contribution in [-0.2, 0) is 9.53 Å². The molecule has 2 N–H and O–H groups in total. The smallest absolute Gasteiger partial charge is 0.338 e. The maximum Gasteiger partial charge on any atom is 0.338 e. The van der Waals surface area contributed by atoms with Gasteiger partial charge in [-0.25, -0.2) is 14.6 Å². The number of amides is 2. The Labute approximate surface area is 204 Å². The van der Waals surface area contributed by atoms with Crippen LogP contribution in [0.4, 0.5) is 16.2 Å². The third-order valence-corrected chi connectivity index (χ3v) is 6.63. The number of nitrogens with zero attached hydrogens (tertiary/aromatic N) is 2. The number of urea groups is 1. The Morgan fingerprint density at radius 1 is 1.09 bits per heavy atom. The Kier molecular flexibility index (Phi) is 7.26. The number of ether oxygens (including phenoxy) is 1. The quantitative estimate of drug-likeness (QED) is 0.538. The van der Waals surface area contributed by atoms with Crippen molar-refractivity contribution in [3.05, 3.63) is 70.9 Å². The van der Waals surface area contributed by atoms with Crippen molar-refractivity contribution in [2.24, 2.45) is 4.99 Å². The molecule has 0 unspecified atom stereocenters. The molecule has 0 aromatic heterocycles. The first-order chi connectivity index (χ1) is 16.3. The maximum atomic E-state index is 13.1. The number of anilines is 2. The molecule has 178 valence electrons. The highest BCUT2D eigenvalue weighted by Gasteiger charge is 2.38. The minimum atomic E-state index is -0.355. The van der Waals surface area contributed by atoms with E-state index in [-0.39, 0.29) is 24.1 Å². The highest BCUT2D eigenvalue weighted by atomic mass is 32.2. The number of fused-ring (bicyclic) bond motifs is 1. The van der Waals surface area contributed by atoms with Crippen LogP contribution >= 0.6 is 11.8 Å². The zero-order valence-corrected chi connectivity index (χ0v) is 20.7. The second-order valence-corrected chi connectivity index (χ2v) is 9.78. The average molecular weight is 479 g/mol. The molecule has 0 saturated carbocycles. The molecule has 0 radical (unpaired) electrons. The summed E-state index contributed by atoms with van der Waals surface area (Å²) in [6.07, 6.45) is 0.774. The first-order valence-corrected chi connectivity index (χ1v) is 12.4. The van der Waals surface area contributed by atoms with E-state index < -0.39 is 0 Å². The summed E-state index contributed by atoms with van der Waals surface area (Å²) in [5.74, 6) is 0.647. The van der Waals surface area contributed by atoms with E-state index in [1.54, 1.807) is 11.8 Å². The van der Waals surface area contributed by atoms with Crippen molar-refractivity contribution >= 4 is 40.3 Å². The molecule has 4 rings (SSSR count). The molecule has 0 spiro atoms. The summed E-state index contributed by atoms with van der Waals surface area (Å²) >= 11 is 1.70. The Morgan fingerprint density at radius 3 is 2.50 bits per heavy atom. The highest BCUT2D eigenvalue weighted by Crippen LogP contribution is 2.40. The van der Waals surface area contributed by atoms with Crippen LogP contribution in [-0.4, -0.2) is 40.5 Å². The summed E-state index contributed by atoms with van der Waals surface area (Å²) in [5, 5.41) is 6.70. The van der Waals surface area contributed by atoms with Crippen molar-refractivity contribution in [3.8, 4) is 0 Å². The van der Waals surface area contributed by atoms with Crippen LogP contribution in [0.1, 0.15) is 44.4 Å². The van der Waals surface area contributed by atoms with Gasteiger partial charge in [0.2, 0.25) is 0 Å². The van der Waals surface area contributed by atoms with Crippen molar-refractivity contribution < 1.29 is 14.3 Å². The van der Waals surface area contributed by atoms with Crippen molar-refractivity contribution in [1.82, 2.24) is 4.90 Å². The molecule has 2 aliphatic rings. The molecule has 2 aromatic carbocycles. The number of benzene rings is 2. The number of hydrogen-bond acceptors (Lipinski definition) is 6. The van der Waals surface area contributed by atoms with Crippen LogP contribution in [0, 0.1) is 6.92 Å². The van der Waals surface area contributed by atoms with E-state index in [2.05, 4.69) is 15.5 Å². The largest absolute Gasteiger partial charge is 0.459 e. The minimum absolute atomic E-state index is 0.229. The molecule has 2 aliphatic heterocycles. The van der Waals surface area contributed by atoms with E-state index in [9.17, 15) is 9.59 Å². The molecular formula is C26H30N4O3S. The fraction of sp³-hybridized carbons (Fsp3) is 0.346. The van der Waals surface area contributed by atoms with Gasteiger partial charge in [-0.15, -0.1) is 0 Å². The summed E-state index contributed by atoms with van der Waals surface area (Å²) in [6.45, 7) is 8.32. The predicted octanol–water partition coefficient (Wildman–Crippen LogP) is 5.71. The van der Waals surface area contributed by atoms with Crippen molar-refractivity contribution in [2.75, 3.05) is 22.9 Å². The number of esters is 1. The second-order valence-electron chi connectivity index (χ2n) is 8.72. The van der Waals surface area contributed by atoms with E-state index >= 15 is 0 Å². The molecule has 1 atom stereocenters. The van der Waals surface area contributed by atoms with Gasteiger partial charge in [-0.1, -0.05) is 36.0 Å². The molecule has 7 nitrogen and oxygen atoms in total. The van der Waals surface area contributed by atoms with Crippen LogP contribution < -0.4 is 10.6 Å². The van der Waals surface area contributed by atoms with Gasteiger partial charge in [0.1, 0.15) is 0 Å². The molecule has 1 fully saturated rings. The lowest BCUT2D eigenvalue weighted by atomic mass is 9.94. The van der Waals surface area contributed by atoms with E-state index in [0.717, 1.165) is 40.7 Å². The third kappa shape index (κ3) is 5.44. The summed E-state index contributed by atoms with van der Waals surface area (Å²) < 4.78 is 5.58. The third-order valence-electron chi connectivity index (χ3n) is 5.56. The van der Waals surface area contributed by atoms with Gasteiger partial charge in [0, 0.05) is 23.7 Å². The predicted molar refractivity (Wildman–Crippen MR) is 138 cm³/mol. The summed E-state index contributed by atoms with van der Waals surface area (Å²) in [7, 11) is 0. The Morgan fingerprint density at radius 2 is 1.79 bits per heavy atom. The molecule has 2 heterocycles. The SMILES string of the molecule is CC1=C(C(=O)OC(C)C)[C@@H](c2cccc(NC(=O)Nc3cccc(C)c3)c2)N2CCCSC2=N1. The zero-order valence-electron chi connectivity index (χ0n) is 19.9. The van der Waals surface area contributed by atoms with Crippen LogP contribution in [0.5, 0.6) is 0 Å². The number of allylic oxidation sites excluding steroid dienone is 1. The van der Waals surface area contributed by atoms with Crippen LogP contribution in [0.2, 0.25) is 0 Å². The van der Waals surface area contributed by atoms with E-state index in [4.69, 9.17) is 9.73 Å². The maximum absolute atomic E-state index is 13.1. The number of aryl methyl sites for hydroxylation is 1. The highest BCUT2D eigenvalue weighted by molar-refractivity contribution is 8.13. The van der Waals surface area contributed by atoms with E-state index in [1.165, 1.54) is 0 Å². The lowest BCUT2D eigenvalue weighted by molar-refractivity contribution is -0.143. The number of hydrogen-bond donors (Lipinski definition) is 2. The summed E-state index contributed by atoms with van der Waals surface area (Å²) in [6, 6.07) is 14.6. The van der Waals surface area contributed by atoms with Crippen molar-refractivity contribution in [2.45, 2.75) is 46.3 Å². The second kappa shape index (κ2) is 10.3. The van der Waals surface area contributed by atoms with Gasteiger partial charge < -0.3 is 20.3 Å². The molecule has 2 amide bonds. The summed E-state index contributed by atoms with van der Waals surface area (Å²) in [5.41, 5.74) is 4.55. The normalized spacial score (nSPS) is 17.7. The lowest BCUT2D eigenvalue weighted by Crippen LogP contribution is -2.42. The van der Waals surface area contributed by atoms with Gasteiger partial charge in [0.15, 0.2) is 5.17 Å². The minimum Gasteiger partial charge on any atom is -0.459 e. The Balaban J connectivity index is 1.62. The molecule has 8 heteroatoms. The number of carbonyl (C=O) groups is 2. The van der Waals surface area contributed by atoms with E-state index in [0.29, 0.717) is 17.0 Å². The summed E-state index contributed by atoms with van der Waals surface area (Å²) in [4.78, 5) is 32.6. The number of rotatable bonds is 5. The van der Waals surface area contributed by atoms with Crippen LogP contribution in [0.15, 0.2) is 64.8 Å². The molecule has 34 heavy (non-hydrogen) atoms. The number of thioether (sulfide) groups is 1. The Hall–Kier alpha value is -3.26. The molecular weight excluding hydrogens is 448 g/mol. The van der Waals surface area contributed by atoms with Gasteiger partial charge in [0.05, 0.1) is 23.4 Å². The number of nitrogens with one attached hydrogen (secondary N) is 2. The van der Waals surface area contributed by atoms with Gasteiger partial charge >= 0.3 is 12.0 Å². The average Bonchev–Trinajstić information content (AvgIpc) is 2.77. The fourth-order valence-corrected chi connectivity index (χ4v) is 5.18.